The van der Waals surface area contributed by atoms with Gasteiger partial charge in [-0.05, 0) is 176 Å². The third kappa shape index (κ3) is 7.48. The molecule has 1 unspecified atom stereocenters. The summed E-state index contributed by atoms with van der Waals surface area (Å²) in [7, 11) is 0. The largest absolute Gasteiger partial charge is 0.309 e. The van der Waals surface area contributed by atoms with Crippen molar-refractivity contribution >= 4 is 76.2 Å². The van der Waals surface area contributed by atoms with Crippen molar-refractivity contribution < 1.29 is 0 Å². The van der Waals surface area contributed by atoms with Crippen molar-refractivity contribution in [3.05, 3.63) is 332 Å². The van der Waals surface area contributed by atoms with E-state index in [0.29, 0.717) is 5.82 Å². The van der Waals surface area contributed by atoms with Gasteiger partial charge in [-0.25, -0.2) is 9.97 Å². The molecule has 4 heterocycles. The predicted molar refractivity (Wildman–Crippen MR) is 382 cm³/mol. The number of para-hydroxylation sites is 5. The summed E-state index contributed by atoms with van der Waals surface area (Å²) in [4.78, 5) is 11.3. The first-order valence-electron chi connectivity index (χ1n) is 31.7. The lowest BCUT2D eigenvalue weighted by atomic mass is 9.86. The van der Waals surface area contributed by atoms with Crippen LogP contribution >= 0.6 is 0 Å². The van der Waals surface area contributed by atoms with Crippen LogP contribution in [0, 0.1) is 0 Å². The van der Waals surface area contributed by atoms with Crippen LogP contribution in [0.1, 0.15) is 22.6 Å². The minimum Gasteiger partial charge on any atom is -0.309 e. The van der Waals surface area contributed by atoms with Crippen molar-refractivity contribution in [2.75, 3.05) is 0 Å². The molecule has 0 bridgehead atoms. The van der Waals surface area contributed by atoms with Gasteiger partial charge in [-0.3, -0.25) is 0 Å². The van der Waals surface area contributed by atoms with Gasteiger partial charge in [-0.2, -0.15) is 0 Å². The second-order valence-corrected chi connectivity index (χ2v) is 24.7. The SMILES string of the molecule is c1ccc(-n2c3ccccc3c3cc(-c4ccc5c(c4)C(c4cccc(-c6nc(-c7ccc(-n8c9ccccc9c9ccc(-c%10ccc%11c(c%10)c%10ccccc%10n%11-c%10ccccc%10)cc98)cc7)nc7c6-c6cccc8cccc-7c68)c4)c4ccccc4-5)ccc32)cc1. The van der Waals surface area contributed by atoms with Crippen LogP contribution in [0.15, 0.2) is 315 Å². The van der Waals surface area contributed by atoms with Crippen LogP contribution in [0.5, 0.6) is 0 Å². The summed E-state index contributed by atoms with van der Waals surface area (Å²) < 4.78 is 7.19. The Kier molecular flexibility index (Phi) is 10.9. The lowest BCUT2D eigenvalue weighted by Gasteiger charge is -2.18. The van der Waals surface area contributed by atoms with E-state index >= 15 is 0 Å². The number of hydrogen-bond donors (Lipinski definition) is 0. The first kappa shape index (κ1) is 50.8. The summed E-state index contributed by atoms with van der Waals surface area (Å²) in [5.41, 5.74) is 28.9. The molecule has 5 heteroatoms. The van der Waals surface area contributed by atoms with Gasteiger partial charge in [0, 0.05) is 77.6 Å². The summed E-state index contributed by atoms with van der Waals surface area (Å²) in [6.45, 7) is 0. The summed E-state index contributed by atoms with van der Waals surface area (Å²) in [5.74, 6) is 0.695. The van der Waals surface area contributed by atoms with E-state index in [1.165, 1.54) is 121 Å². The third-order valence-electron chi connectivity index (χ3n) is 19.9. The van der Waals surface area contributed by atoms with Crippen molar-refractivity contribution in [2.45, 2.75) is 5.92 Å². The second-order valence-electron chi connectivity index (χ2n) is 24.7. The topological polar surface area (TPSA) is 40.6 Å². The normalized spacial score (nSPS) is 13.1. The van der Waals surface area contributed by atoms with Crippen LogP contribution in [-0.2, 0) is 0 Å². The average molecular weight is 1170 g/mol. The Labute approximate surface area is 530 Å². The van der Waals surface area contributed by atoms with Crippen molar-refractivity contribution in [3.63, 3.8) is 0 Å². The van der Waals surface area contributed by atoms with E-state index in [1.807, 2.05) is 0 Å². The fourth-order valence-corrected chi connectivity index (χ4v) is 15.8. The first-order valence-corrected chi connectivity index (χ1v) is 31.7. The molecule has 14 aromatic carbocycles. The highest BCUT2D eigenvalue weighted by Gasteiger charge is 2.33. The van der Waals surface area contributed by atoms with E-state index < -0.39 is 0 Å². The highest BCUT2D eigenvalue weighted by Crippen LogP contribution is 2.53. The Balaban J connectivity index is 0.700. The van der Waals surface area contributed by atoms with Gasteiger partial charge < -0.3 is 13.7 Å². The highest BCUT2D eigenvalue weighted by atomic mass is 15.0. The molecule has 2 aliphatic rings. The van der Waals surface area contributed by atoms with Crippen molar-refractivity contribution in [1.29, 1.82) is 0 Å². The molecular formula is C87H53N5. The predicted octanol–water partition coefficient (Wildman–Crippen LogP) is 22.4. The molecule has 4 aromatic heterocycles. The van der Waals surface area contributed by atoms with E-state index in [2.05, 4.69) is 329 Å². The van der Waals surface area contributed by atoms with Crippen molar-refractivity contribution in [1.82, 2.24) is 23.7 Å². The molecule has 0 spiro atoms. The van der Waals surface area contributed by atoms with Gasteiger partial charge in [0.05, 0.1) is 44.5 Å². The van der Waals surface area contributed by atoms with E-state index in [9.17, 15) is 0 Å². The minimum absolute atomic E-state index is 0.000991. The Bertz CT molecular complexity index is 6120. The van der Waals surface area contributed by atoms with Gasteiger partial charge in [0.15, 0.2) is 5.82 Å². The molecule has 0 saturated carbocycles. The van der Waals surface area contributed by atoms with Gasteiger partial charge in [-0.15, -0.1) is 0 Å². The molecule has 20 rings (SSSR count). The zero-order chi connectivity index (χ0) is 60.1. The van der Waals surface area contributed by atoms with E-state index in [0.717, 1.165) is 61.7 Å². The second kappa shape index (κ2) is 19.7. The van der Waals surface area contributed by atoms with Crippen LogP contribution in [-0.4, -0.2) is 23.7 Å². The molecule has 0 aliphatic heterocycles. The zero-order valence-corrected chi connectivity index (χ0v) is 49.8. The van der Waals surface area contributed by atoms with Gasteiger partial charge in [-0.1, -0.05) is 206 Å². The van der Waals surface area contributed by atoms with Crippen molar-refractivity contribution in [2.24, 2.45) is 0 Å². The van der Waals surface area contributed by atoms with Gasteiger partial charge in [0.25, 0.3) is 0 Å². The molecule has 92 heavy (non-hydrogen) atoms. The minimum atomic E-state index is 0.000991. The number of nitrogens with zero attached hydrogens (tertiary/aromatic N) is 5. The standard InChI is InChI=1S/C87H53N5/c1-3-22-61(23-4-1)90-77-34-13-10-28-67(77)73-49-56(40-46-79(73)90)55-38-44-65-64-26-7-8-30-70(64)83(75(65)51-55)59-20-15-21-60(48-59)85-84-71-31-16-18-53-19-17-32-72(82(53)71)86(84)89-87(88-85)54-36-42-63(43-37-54)92-76-33-12-9-27-66(76)69-45-39-58(52-81(69)92)57-41-47-80-74(50-57)68-29-11-14-35-78(68)91(80)62-24-5-2-6-25-62/h1-52,83H. The Hall–Kier alpha value is -12.2. The highest BCUT2D eigenvalue weighted by molar-refractivity contribution is 6.18. The first-order chi connectivity index (χ1) is 45.6. The number of benzene rings is 14. The number of hydrogen-bond acceptors (Lipinski definition) is 2. The quantitative estimate of drug-likeness (QED) is 0.152. The molecule has 0 N–H and O–H groups in total. The Morgan fingerprint density at radius 1 is 0.250 bits per heavy atom. The summed E-state index contributed by atoms with van der Waals surface area (Å²) in [6, 6.07) is 116. The summed E-state index contributed by atoms with van der Waals surface area (Å²) >= 11 is 0. The van der Waals surface area contributed by atoms with Gasteiger partial charge in [0.2, 0.25) is 0 Å². The number of rotatable bonds is 8. The summed E-state index contributed by atoms with van der Waals surface area (Å²) in [5, 5.41) is 9.82. The maximum atomic E-state index is 5.71. The molecule has 5 nitrogen and oxygen atoms in total. The van der Waals surface area contributed by atoms with E-state index in [-0.39, 0.29) is 5.92 Å². The molecule has 0 fully saturated rings. The Morgan fingerprint density at radius 2 is 0.717 bits per heavy atom. The van der Waals surface area contributed by atoms with E-state index in [4.69, 9.17) is 9.97 Å². The van der Waals surface area contributed by atoms with Crippen molar-refractivity contribution in [3.8, 4) is 95.5 Å². The van der Waals surface area contributed by atoms with Crippen LogP contribution < -0.4 is 0 Å². The third-order valence-corrected chi connectivity index (χ3v) is 19.9. The van der Waals surface area contributed by atoms with Crippen LogP contribution in [0.2, 0.25) is 0 Å². The molecule has 0 radical (unpaired) electrons. The van der Waals surface area contributed by atoms with Gasteiger partial charge in [0.1, 0.15) is 0 Å². The molecule has 0 saturated heterocycles. The average Bonchev–Trinajstić information content (AvgIpc) is 1.87. The number of aromatic nitrogens is 5. The molecule has 426 valence electrons. The number of fused-ring (bicyclic) bond motifs is 15. The molecule has 18 aromatic rings. The maximum Gasteiger partial charge on any atom is 0.160 e. The van der Waals surface area contributed by atoms with Crippen LogP contribution in [0.3, 0.4) is 0 Å². The van der Waals surface area contributed by atoms with E-state index in [1.54, 1.807) is 0 Å². The van der Waals surface area contributed by atoms with Crippen LogP contribution in [0.4, 0.5) is 0 Å². The Morgan fingerprint density at radius 3 is 1.39 bits per heavy atom. The fourth-order valence-electron chi connectivity index (χ4n) is 15.8. The molecule has 1 atom stereocenters. The zero-order valence-electron chi connectivity index (χ0n) is 49.8. The molecule has 2 aliphatic carbocycles. The fraction of sp³-hybridized carbons (Fsp3) is 0.0115. The van der Waals surface area contributed by atoms with Gasteiger partial charge >= 0.3 is 0 Å². The maximum absolute atomic E-state index is 5.71. The molecular weight excluding hydrogens is 1110 g/mol. The monoisotopic (exact) mass is 1170 g/mol. The van der Waals surface area contributed by atoms with Crippen LogP contribution in [0.25, 0.3) is 172 Å². The molecule has 0 amide bonds. The summed E-state index contributed by atoms with van der Waals surface area (Å²) in [6.07, 6.45) is 0. The lowest BCUT2D eigenvalue weighted by molar-refractivity contribution is 1.02. The smallest absolute Gasteiger partial charge is 0.160 e. The lowest BCUT2D eigenvalue weighted by Crippen LogP contribution is -2.02.